The van der Waals surface area contributed by atoms with E-state index in [9.17, 15) is 40.2 Å². The monoisotopic (exact) mass is 1130 g/mol. The van der Waals surface area contributed by atoms with E-state index in [0.717, 1.165) is 44.9 Å². The van der Waals surface area contributed by atoms with Gasteiger partial charge in [-0.15, -0.1) is 0 Å². The van der Waals surface area contributed by atoms with Crippen LogP contribution in [0.3, 0.4) is 0 Å². The Morgan fingerprint density at radius 2 is 1.35 bits per heavy atom. The fourth-order valence-corrected chi connectivity index (χ4v) is 15.0. The lowest BCUT2D eigenvalue weighted by Crippen LogP contribution is -2.64. The van der Waals surface area contributed by atoms with Crippen molar-refractivity contribution in [2.24, 2.45) is 41.4 Å². The van der Waals surface area contributed by atoms with Crippen LogP contribution < -0.4 is 0 Å². The molecular formula is C65H114O15. The average Bonchev–Trinajstić information content (AvgIpc) is 4.15. The molecule has 0 aromatic rings. The molecule has 464 valence electrons. The Hall–Kier alpha value is -1.76. The number of aliphatic carboxylic acids is 1. The van der Waals surface area contributed by atoms with Crippen molar-refractivity contribution in [3.8, 4) is 0 Å². The molecule has 6 aliphatic rings. The summed E-state index contributed by atoms with van der Waals surface area (Å²) in [5.74, 6) is -9.24. The number of aliphatic hydroxyl groups is 5. The standard InChI is InChI=1S/C65H114O15/c1-13-15-16-17-18-19-20-21-22-23-24-25-26-27-28-29-56(67)76-58(52-34-37-62(12,77-52)65(73)46(7)40-61(11,80-65)55-35-36-60(10,70)54(14-2)75-55)64(72)45(6)38-43(4)53(79-64)41-63(71)44(5)31-33-51(78-63)47(8)50(66)39-49-32-30-42(3)57(74-49)48(9)59(68)69/h21-22,42-55,57-58,66,70-73H,13-20,23-41H2,1-12H3,(H,68,69)/b22-21+/t42-,43-,44-,45+,46+,47-,48+,49+,50+,51+,52-,53+,54-,55+,57-,58+,60+,61-,62-,63+,64+,65+/m0/s1. The highest BCUT2D eigenvalue weighted by molar-refractivity contribution is 5.70. The minimum atomic E-state index is -2.06. The smallest absolute Gasteiger partial charge is 0.308 e. The highest BCUT2D eigenvalue weighted by atomic mass is 16.7. The summed E-state index contributed by atoms with van der Waals surface area (Å²) in [7, 11) is 0. The summed E-state index contributed by atoms with van der Waals surface area (Å²) in [5.41, 5.74) is -3.14. The molecule has 15 heteroatoms. The van der Waals surface area contributed by atoms with Crippen LogP contribution in [0.25, 0.3) is 0 Å². The summed E-state index contributed by atoms with van der Waals surface area (Å²) < 4.78 is 46.8. The van der Waals surface area contributed by atoms with Crippen LogP contribution in [-0.2, 0) is 42.7 Å². The summed E-state index contributed by atoms with van der Waals surface area (Å²) in [6.45, 7) is 23.3. The number of unbranched alkanes of at least 4 members (excludes halogenated alkanes) is 11. The molecule has 6 rings (SSSR count). The van der Waals surface area contributed by atoms with Crippen LogP contribution in [0.5, 0.6) is 0 Å². The number of hydrogen-bond donors (Lipinski definition) is 6. The number of carboxylic acid groups (broad SMARTS) is 1. The van der Waals surface area contributed by atoms with Gasteiger partial charge in [-0.1, -0.05) is 119 Å². The molecule has 0 aliphatic carbocycles. The van der Waals surface area contributed by atoms with E-state index in [4.69, 9.17) is 33.2 Å². The van der Waals surface area contributed by atoms with Crippen molar-refractivity contribution in [2.75, 3.05) is 0 Å². The first-order valence-electron chi connectivity index (χ1n) is 32.3. The SMILES string of the molecule is CCCCCCCC/C=C/CCCCCCCC(=O)O[C@H]([C@@H]1CC[C@@](C)([C@]2(O)O[C@](C)([C@H]3CC[C@@](C)(O)[C@H](CC)O3)C[C@H]2C)O1)[C@]1(O)O[C@H](C[C@@]2(O)O[C@@H]([C@@H](C)[C@H](O)C[C@H]3CC[C@H](C)[C@@H]([C@@H](C)C(=O)O)O3)CC[C@@H]2C)[C@@H](C)C[C@H]1C. The van der Waals surface area contributed by atoms with Gasteiger partial charge < -0.3 is 63.8 Å². The molecule has 6 fully saturated rings. The van der Waals surface area contributed by atoms with Crippen LogP contribution in [0.15, 0.2) is 12.2 Å². The van der Waals surface area contributed by atoms with E-state index in [2.05, 4.69) is 19.1 Å². The molecule has 22 atom stereocenters. The van der Waals surface area contributed by atoms with Crippen LogP contribution >= 0.6 is 0 Å². The second-order valence-corrected chi connectivity index (χ2v) is 27.6. The van der Waals surface area contributed by atoms with Crippen molar-refractivity contribution in [3.63, 3.8) is 0 Å². The van der Waals surface area contributed by atoms with Crippen molar-refractivity contribution >= 4 is 11.9 Å². The summed E-state index contributed by atoms with van der Waals surface area (Å²) in [6.07, 6.45) is 20.2. The Kier molecular flexibility index (Phi) is 24.5. The van der Waals surface area contributed by atoms with E-state index < -0.39 is 100 Å². The van der Waals surface area contributed by atoms with E-state index >= 15 is 0 Å². The van der Waals surface area contributed by atoms with Crippen molar-refractivity contribution in [1.82, 2.24) is 0 Å². The molecule has 0 aromatic carbocycles. The lowest BCUT2D eigenvalue weighted by molar-refractivity contribution is -0.374. The number of carboxylic acids is 1. The molecule has 80 heavy (non-hydrogen) atoms. The summed E-state index contributed by atoms with van der Waals surface area (Å²) in [5, 5.41) is 71.2. The minimum Gasteiger partial charge on any atom is -0.481 e. The third kappa shape index (κ3) is 16.2. The quantitative estimate of drug-likeness (QED) is 0.0233. The number of allylic oxidation sites excluding steroid dienone is 2. The topological polar surface area (TPSA) is 220 Å². The van der Waals surface area contributed by atoms with Gasteiger partial charge in [-0.05, 0) is 149 Å². The Morgan fingerprint density at radius 1 is 0.700 bits per heavy atom. The molecule has 0 aromatic heterocycles. The van der Waals surface area contributed by atoms with Gasteiger partial charge in [0.05, 0.1) is 59.8 Å². The zero-order chi connectivity index (χ0) is 58.8. The minimum absolute atomic E-state index is 0.0160. The Balaban J connectivity index is 1.14. The molecule has 0 spiro atoms. The van der Waals surface area contributed by atoms with E-state index in [1.807, 2.05) is 69.2 Å². The molecule has 0 unspecified atom stereocenters. The van der Waals surface area contributed by atoms with Gasteiger partial charge in [0.15, 0.2) is 17.7 Å². The first-order chi connectivity index (χ1) is 37.7. The van der Waals surface area contributed by atoms with Crippen LogP contribution in [-0.4, -0.2) is 132 Å². The van der Waals surface area contributed by atoms with Crippen LogP contribution in [0.1, 0.15) is 256 Å². The highest BCUT2D eigenvalue weighted by Crippen LogP contribution is 2.56. The zero-order valence-corrected chi connectivity index (χ0v) is 51.8. The second-order valence-electron chi connectivity index (χ2n) is 27.6. The zero-order valence-electron chi connectivity index (χ0n) is 51.8. The maximum atomic E-state index is 14.2. The van der Waals surface area contributed by atoms with Gasteiger partial charge >= 0.3 is 11.9 Å². The highest BCUT2D eigenvalue weighted by Gasteiger charge is 2.68. The summed E-state index contributed by atoms with van der Waals surface area (Å²) in [6, 6.07) is 0. The molecule has 6 heterocycles. The van der Waals surface area contributed by atoms with Gasteiger partial charge in [0.2, 0.25) is 5.79 Å². The third-order valence-corrected chi connectivity index (χ3v) is 20.8. The summed E-state index contributed by atoms with van der Waals surface area (Å²) in [4.78, 5) is 26.1. The third-order valence-electron chi connectivity index (χ3n) is 20.8. The number of rotatable bonds is 29. The van der Waals surface area contributed by atoms with Crippen LogP contribution in [0, 0.1) is 41.4 Å². The van der Waals surface area contributed by atoms with Gasteiger partial charge in [0.25, 0.3) is 0 Å². The van der Waals surface area contributed by atoms with Gasteiger partial charge in [-0.25, -0.2) is 0 Å². The van der Waals surface area contributed by atoms with Crippen molar-refractivity contribution in [2.45, 2.75) is 346 Å². The van der Waals surface area contributed by atoms with Gasteiger partial charge in [0, 0.05) is 36.5 Å². The first kappa shape index (κ1) is 67.4. The Bertz CT molecular complexity index is 1950. The van der Waals surface area contributed by atoms with Crippen LogP contribution in [0.4, 0.5) is 0 Å². The predicted octanol–water partition coefficient (Wildman–Crippen LogP) is 12.0. The first-order valence-corrected chi connectivity index (χ1v) is 32.3. The predicted molar refractivity (Wildman–Crippen MR) is 308 cm³/mol. The molecule has 6 saturated heterocycles. The lowest BCUT2D eigenvalue weighted by Gasteiger charge is -2.52. The Morgan fingerprint density at radius 3 is 2.00 bits per heavy atom. The van der Waals surface area contributed by atoms with Crippen molar-refractivity contribution < 1.29 is 73.4 Å². The van der Waals surface area contributed by atoms with Crippen molar-refractivity contribution in [1.29, 1.82) is 0 Å². The van der Waals surface area contributed by atoms with Gasteiger partial charge in [-0.3, -0.25) is 9.59 Å². The molecular weight excluding hydrogens is 1020 g/mol. The van der Waals surface area contributed by atoms with Gasteiger partial charge in [0.1, 0.15) is 11.7 Å². The molecule has 0 saturated carbocycles. The number of hydrogen-bond acceptors (Lipinski definition) is 14. The van der Waals surface area contributed by atoms with Crippen LogP contribution in [0.2, 0.25) is 0 Å². The number of aliphatic hydroxyl groups excluding tert-OH is 1. The molecule has 6 N–H and O–H groups in total. The molecule has 6 aliphatic heterocycles. The van der Waals surface area contributed by atoms with E-state index in [1.165, 1.54) is 38.5 Å². The van der Waals surface area contributed by atoms with E-state index in [-0.39, 0.29) is 54.8 Å². The Labute approximate surface area is 482 Å². The number of ether oxygens (including phenoxy) is 7. The maximum absolute atomic E-state index is 14.2. The average molecular weight is 1140 g/mol. The fourth-order valence-electron chi connectivity index (χ4n) is 15.0. The molecule has 0 bridgehead atoms. The number of carbonyl (C=O) groups is 2. The molecule has 15 nitrogen and oxygen atoms in total. The van der Waals surface area contributed by atoms with E-state index in [1.54, 1.807) is 6.92 Å². The molecule has 0 radical (unpaired) electrons. The maximum Gasteiger partial charge on any atom is 0.308 e. The van der Waals surface area contributed by atoms with Crippen molar-refractivity contribution in [3.05, 3.63) is 12.2 Å². The molecule has 0 amide bonds. The second kappa shape index (κ2) is 29.1. The fraction of sp³-hybridized carbons (Fsp3) is 0.938. The lowest BCUT2D eigenvalue weighted by atomic mass is 9.76. The van der Waals surface area contributed by atoms with Gasteiger partial charge in [-0.2, -0.15) is 0 Å². The largest absolute Gasteiger partial charge is 0.481 e. The number of esters is 1. The normalized spacial score (nSPS) is 42.3. The van der Waals surface area contributed by atoms with E-state index in [0.29, 0.717) is 77.0 Å². The number of carbonyl (C=O) groups excluding carboxylic acids is 1. The summed E-state index contributed by atoms with van der Waals surface area (Å²) >= 11 is 0.